The molecule has 20 heavy (non-hydrogen) atoms. The minimum absolute atomic E-state index is 0.193. The first kappa shape index (κ1) is 14.1. The number of hydrogen-bond acceptors (Lipinski definition) is 3. The number of aromatic nitrogens is 1. The van der Waals surface area contributed by atoms with Gasteiger partial charge in [-0.05, 0) is 50.2 Å². The Kier molecular flexibility index (Phi) is 4.71. The normalized spacial score (nSPS) is 10.1. The Balaban J connectivity index is 2.06. The largest absolute Gasteiger partial charge is 0.372 e. The van der Waals surface area contributed by atoms with Gasteiger partial charge in [-0.1, -0.05) is 6.07 Å². The van der Waals surface area contributed by atoms with Gasteiger partial charge >= 0.3 is 0 Å². The lowest BCUT2D eigenvalue weighted by Crippen LogP contribution is -2.21. The second kappa shape index (κ2) is 6.70. The predicted molar refractivity (Wildman–Crippen MR) is 82.2 cm³/mol. The number of rotatable bonds is 5. The van der Waals surface area contributed by atoms with Crippen molar-refractivity contribution in [2.75, 3.05) is 23.3 Å². The van der Waals surface area contributed by atoms with Gasteiger partial charge in [0.2, 0.25) is 0 Å². The van der Waals surface area contributed by atoms with Gasteiger partial charge in [-0.15, -0.1) is 0 Å². The van der Waals surface area contributed by atoms with Crippen LogP contribution in [0.2, 0.25) is 0 Å². The van der Waals surface area contributed by atoms with Crippen molar-refractivity contribution in [2.24, 2.45) is 0 Å². The maximum atomic E-state index is 12.0. The summed E-state index contributed by atoms with van der Waals surface area (Å²) in [6.45, 7) is 6.19. The highest BCUT2D eigenvalue weighted by Crippen LogP contribution is 2.18. The molecule has 1 aromatic carbocycles. The fourth-order valence-corrected chi connectivity index (χ4v) is 2.04. The summed E-state index contributed by atoms with van der Waals surface area (Å²) in [6, 6.07) is 13.1. The Bertz CT molecular complexity index is 548. The smallest absolute Gasteiger partial charge is 0.274 e. The standard InChI is InChI=1S/C16H19N3O/c1-3-19(4-2)14-10-8-13(9-11-14)18-16(20)15-7-5-6-12-17-15/h5-12H,3-4H2,1-2H3,(H,18,20). The van der Waals surface area contributed by atoms with E-state index in [9.17, 15) is 4.79 Å². The quantitative estimate of drug-likeness (QED) is 0.906. The lowest BCUT2D eigenvalue weighted by molar-refractivity contribution is 0.102. The van der Waals surface area contributed by atoms with Crippen LogP contribution >= 0.6 is 0 Å². The maximum Gasteiger partial charge on any atom is 0.274 e. The van der Waals surface area contributed by atoms with Crippen molar-refractivity contribution >= 4 is 17.3 Å². The van der Waals surface area contributed by atoms with Crippen LogP contribution < -0.4 is 10.2 Å². The first-order chi connectivity index (χ1) is 9.74. The van der Waals surface area contributed by atoms with E-state index in [0.29, 0.717) is 5.69 Å². The zero-order valence-corrected chi connectivity index (χ0v) is 11.8. The Morgan fingerprint density at radius 1 is 1.10 bits per heavy atom. The van der Waals surface area contributed by atoms with Crippen molar-refractivity contribution in [2.45, 2.75) is 13.8 Å². The van der Waals surface area contributed by atoms with Gasteiger partial charge in [0.1, 0.15) is 5.69 Å². The zero-order chi connectivity index (χ0) is 14.4. The van der Waals surface area contributed by atoms with Crippen LogP contribution in [0.25, 0.3) is 0 Å². The molecule has 4 nitrogen and oxygen atoms in total. The molecule has 1 N–H and O–H groups in total. The molecule has 0 fully saturated rings. The Morgan fingerprint density at radius 3 is 2.35 bits per heavy atom. The van der Waals surface area contributed by atoms with E-state index < -0.39 is 0 Å². The summed E-state index contributed by atoms with van der Waals surface area (Å²) in [5, 5.41) is 2.84. The lowest BCUT2D eigenvalue weighted by atomic mass is 10.2. The van der Waals surface area contributed by atoms with E-state index >= 15 is 0 Å². The Labute approximate surface area is 119 Å². The molecule has 0 saturated carbocycles. The average molecular weight is 269 g/mol. The molecule has 0 aliphatic rings. The van der Waals surface area contributed by atoms with Crippen LogP contribution in [0, 0.1) is 0 Å². The van der Waals surface area contributed by atoms with Gasteiger partial charge in [0.15, 0.2) is 0 Å². The summed E-state index contributed by atoms with van der Waals surface area (Å²) in [6.07, 6.45) is 1.61. The third-order valence-electron chi connectivity index (χ3n) is 3.15. The SMILES string of the molecule is CCN(CC)c1ccc(NC(=O)c2ccccn2)cc1. The average Bonchev–Trinajstić information content (AvgIpc) is 2.51. The van der Waals surface area contributed by atoms with Crippen LogP contribution in [0.3, 0.4) is 0 Å². The number of carbonyl (C=O) groups excluding carboxylic acids is 1. The van der Waals surface area contributed by atoms with Crippen molar-refractivity contribution in [3.05, 3.63) is 54.4 Å². The first-order valence-corrected chi connectivity index (χ1v) is 6.82. The molecule has 1 amide bonds. The second-order valence-corrected chi connectivity index (χ2v) is 4.39. The minimum Gasteiger partial charge on any atom is -0.372 e. The number of nitrogens with one attached hydrogen (secondary N) is 1. The summed E-state index contributed by atoms with van der Waals surface area (Å²) in [5.74, 6) is -0.193. The molecule has 0 atom stereocenters. The highest BCUT2D eigenvalue weighted by atomic mass is 16.1. The number of pyridine rings is 1. The molecule has 0 bridgehead atoms. The van der Waals surface area contributed by atoms with Crippen LogP contribution in [0.5, 0.6) is 0 Å². The number of anilines is 2. The van der Waals surface area contributed by atoms with Gasteiger partial charge in [0, 0.05) is 30.7 Å². The van der Waals surface area contributed by atoms with Gasteiger partial charge in [-0.3, -0.25) is 9.78 Å². The topological polar surface area (TPSA) is 45.2 Å². The molecular weight excluding hydrogens is 250 g/mol. The van der Waals surface area contributed by atoms with Gasteiger partial charge in [-0.25, -0.2) is 0 Å². The summed E-state index contributed by atoms with van der Waals surface area (Å²) >= 11 is 0. The molecule has 104 valence electrons. The molecule has 2 aromatic rings. The fraction of sp³-hybridized carbons (Fsp3) is 0.250. The molecule has 1 heterocycles. The van der Waals surface area contributed by atoms with Gasteiger partial charge in [-0.2, -0.15) is 0 Å². The molecule has 4 heteroatoms. The van der Waals surface area contributed by atoms with E-state index in [2.05, 4.69) is 29.0 Å². The number of hydrogen-bond donors (Lipinski definition) is 1. The highest BCUT2D eigenvalue weighted by Gasteiger charge is 2.07. The number of carbonyl (C=O) groups is 1. The van der Waals surface area contributed by atoms with E-state index in [1.807, 2.05) is 24.3 Å². The van der Waals surface area contributed by atoms with E-state index in [4.69, 9.17) is 0 Å². The third kappa shape index (κ3) is 3.35. The van der Waals surface area contributed by atoms with Crippen LogP contribution in [0.15, 0.2) is 48.7 Å². The van der Waals surface area contributed by atoms with Crippen LogP contribution in [-0.4, -0.2) is 24.0 Å². The van der Waals surface area contributed by atoms with Crippen LogP contribution in [-0.2, 0) is 0 Å². The molecule has 0 radical (unpaired) electrons. The summed E-state index contributed by atoms with van der Waals surface area (Å²) < 4.78 is 0. The van der Waals surface area contributed by atoms with Crippen molar-refractivity contribution in [1.29, 1.82) is 0 Å². The maximum absolute atomic E-state index is 12.0. The molecular formula is C16H19N3O. The molecule has 1 aromatic heterocycles. The summed E-state index contributed by atoms with van der Waals surface area (Å²) in [5.41, 5.74) is 2.35. The Hall–Kier alpha value is -2.36. The first-order valence-electron chi connectivity index (χ1n) is 6.82. The van der Waals surface area contributed by atoms with Crippen molar-refractivity contribution < 1.29 is 4.79 Å². The van der Waals surface area contributed by atoms with Gasteiger partial charge < -0.3 is 10.2 Å². The number of nitrogens with zero attached hydrogens (tertiary/aromatic N) is 2. The van der Waals surface area contributed by atoms with E-state index in [-0.39, 0.29) is 5.91 Å². The lowest BCUT2D eigenvalue weighted by Gasteiger charge is -2.21. The molecule has 0 saturated heterocycles. The molecule has 2 rings (SSSR count). The molecule has 0 aliphatic heterocycles. The fourth-order valence-electron chi connectivity index (χ4n) is 2.04. The van der Waals surface area contributed by atoms with Crippen LogP contribution in [0.4, 0.5) is 11.4 Å². The highest BCUT2D eigenvalue weighted by molar-refractivity contribution is 6.02. The predicted octanol–water partition coefficient (Wildman–Crippen LogP) is 3.18. The monoisotopic (exact) mass is 269 g/mol. The molecule has 0 aliphatic carbocycles. The molecule has 0 unspecified atom stereocenters. The molecule has 0 spiro atoms. The van der Waals surface area contributed by atoms with Crippen molar-refractivity contribution in [3.8, 4) is 0 Å². The van der Waals surface area contributed by atoms with Gasteiger partial charge in [0.05, 0.1) is 0 Å². The van der Waals surface area contributed by atoms with Crippen molar-refractivity contribution in [1.82, 2.24) is 4.98 Å². The van der Waals surface area contributed by atoms with E-state index in [0.717, 1.165) is 24.5 Å². The van der Waals surface area contributed by atoms with E-state index in [1.165, 1.54) is 0 Å². The number of benzene rings is 1. The van der Waals surface area contributed by atoms with E-state index in [1.54, 1.807) is 24.4 Å². The van der Waals surface area contributed by atoms with Crippen molar-refractivity contribution in [3.63, 3.8) is 0 Å². The third-order valence-corrected chi connectivity index (χ3v) is 3.15. The second-order valence-electron chi connectivity index (χ2n) is 4.39. The number of amides is 1. The van der Waals surface area contributed by atoms with Crippen LogP contribution in [0.1, 0.15) is 24.3 Å². The summed E-state index contributed by atoms with van der Waals surface area (Å²) in [4.78, 5) is 18.2. The van der Waals surface area contributed by atoms with Gasteiger partial charge in [0.25, 0.3) is 5.91 Å². The minimum atomic E-state index is -0.193. The summed E-state index contributed by atoms with van der Waals surface area (Å²) in [7, 11) is 0. The Morgan fingerprint density at radius 2 is 1.80 bits per heavy atom. The zero-order valence-electron chi connectivity index (χ0n) is 11.8.